The highest BCUT2D eigenvalue weighted by Gasteiger charge is 2.17. The summed E-state index contributed by atoms with van der Waals surface area (Å²) in [5.41, 5.74) is 0.613. The van der Waals surface area contributed by atoms with E-state index in [-0.39, 0.29) is 0 Å². The number of halogens is 3. The molecule has 0 amide bonds. The van der Waals surface area contributed by atoms with Crippen molar-refractivity contribution in [2.45, 2.75) is 11.3 Å². The van der Waals surface area contributed by atoms with E-state index < -0.39 is 11.3 Å². The van der Waals surface area contributed by atoms with Crippen LogP contribution in [0.1, 0.15) is 10.4 Å². The van der Waals surface area contributed by atoms with Gasteiger partial charge in [-0.3, -0.25) is 0 Å². The Morgan fingerprint density at radius 1 is 1.09 bits per heavy atom. The van der Waals surface area contributed by atoms with Gasteiger partial charge in [-0.15, -0.1) is 0 Å². The van der Waals surface area contributed by atoms with Crippen molar-refractivity contribution < 1.29 is 8.78 Å². The molecule has 3 heteroatoms. The van der Waals surface area contributed by atoms with Crippen molar-refractivity contribution >= 4 is 15.9 Å². The van der Waals surface area contributed by atoms with Gasteiger partial charge in [0.05, 0.1) is 0 Å². The van der Waals surface area contributed by atoms with Crippen LogP contribution in [0, 0.1) is 0 Å². The molecule has 0 aliphatic heterocycles. The van der Waals surface area contributed by atoms with Crippen LogP contribution in [0.2, 0.25) is 0 Å². The van der Waals surface area contributed by atoms with Gasteiger partial charge in [-0.25, -0.2) is 8.78 Å². The fourth-order valence-electron chi connectivity index (χ4n) is 0.782. The van der Waals surface area contributed by atoms with Crippen molar-refractivity contribution in [3.05, 3.63) is 35.9 Å². The zero-order valence-electron chi connectivity index (χ0n) is 5.68. The van der Waals surface area contributed by atoms with Gasteiger partial charge >= 0.3 is 0 Å². The third-order valence-corrected chi connectivity index (χ3v) is 2.27. The topological polar surface area (TPSA) is 0 Å². The molecule has 1 rings (SSSR count). The molecule has 0 aromatic heterocycles. The SMILES string of the molecule is FC(F)C(Br)c1ccccc1. The predicted molar refractivity (Wildman–Crippen MR) is 44.1 cm³/mol. The Bertz CT molecular complexity index is 211. The van der Waals surface area contributed by atoms with Gasteiger partial charge in [0.1, 0.15) is 4.83 Å². The summed E-state index contributed by atoms with van der Waals surface area (Å²) >= 11 is 2.90. The van der Waals surface area contributed by atoms with Crippen molar-refractivity contribution in [1.82, 2.24) is 0 Å². The molecule has 0 nitrogen and oxygen atoms in total. The summed E-state index contributed by atoms with van der Waals surface area (Å²) in [4.78, 5) is -0.844. The molecule has 11 heavy (non-hydrogen) atoms. The van der Waals surface area contributed by atoms with Crippen LogP contribution in [0.25, 0.3) is 0 Å². The van der Waals surface area contributed by atoms with Gasteiger partial charge in [0.2, 0.25) is 0 Å². The minimum atomic E-state index is -2.35. The molecule has 60 valence electrons. The molecule has 0 fully saturated rings. The summed E-state index contributed by atoms with van der Waals surface area (Å²) in [6.07, 6.45) is -2.35. The number of hydrogen-bond donors (Lipinski definition) is 0. The highest BCUT2D eigenvalue weighted by Crippen LogP contribution is 2.28. The van der Waals surface area contributed by atoms with Crippen molar-refractivity contribution in [3.63, 3.8) is 0 Å². The molecule has 0 saturated carbocycles. The molecule has 1 aromatic carbocycles. The molecule has 1 atom stereocenters. The third-order valence-electron chi connectivity index (χ3n) is 1.34. The maximum atomic E-state index is 12.1. The lowest BCUT2D eigenvalue weighted by atomic mass is 10.2. The van der Waals surface area contributed by atoms with Gasteiger partial charge in [0.25, 0.3) is 6.43 Å². The van der Waals surface area contributed by atoms with E-state index in [9.17, 15) is 8.78 Å². The molecule has 0 aliphatic rings. The number of alkyl halides is 3. The summed E-state index contributed by atoms with van der Waals surface area (Å²) in [5.74, 6) is 0. The summed E-state index contributed by atoms with van der Waals surface area (Å²) in [6.45, 7) is 0. The second-order valence-corrected chi connectivity index (χ2v) is 3.13. The Hall–Kier alpha value is -0.440. The first-order valence-electron chi connectivity index (χ1n) is 3.19. The van der Waals surface area contributed by atoms with Crippen molar-refractivity contribution in [3.8, 4) is 0 Å². The minimum absolute atomic E-state index is 0.613. The van der Waals surface area contributed by atoms with Crippen LogP contribution in [-0.2, 0) is 0 Å². The minimum Gasteiger partial charge on any atom is -0.209 e. The van der Waals surface area contributed by atoms with E-state index in [0.717, 1.165) is 0 Å². The smallest absolute Gasteiger partial charge is 0.209 e. The average molecular weight is 221 g/mol. The normalized spacial score (nSPS) is 13.5. The fourth-order valence-corrected chi connectivity index (χ4v) is 1.09. The lowest BCUT2D eigenvalue weighted by molar-refractivity contribution is 0.147. The molecule has 0 spiro atoms. The van der Waals surface area contributed by atoms with Crippen molar-refractivity contribution in [1.29, 1.82) is 0 Å². The molecule has 0 radical (unpaired) electrons. The molecular weight excluding hydrogens is 214 g/mol. The van der Waals surface area contributed by atoms with Crippen LogP contribution in [0.15, 0.2) is 30.3 Å². The first-order chi connectivity index (χ1) is 5.22. The molecule has 0 heterocycles. The second kappa shape index (κ2) is 3.81. The van der Waals surface area contributed by atoms with E-state index in [1.807, 2.05) is 0 Å². The Kier molecular flexibility index (Phi) is 3.00. The zero-order chi connectivity index (χ0) is 8.27. The van der Waals surface area contributed by atoms with Gasteiger partial charge < -0.3 is 0 Å². The third kappa shape index (κ3) is 2.26. The Morgan fingerprint density at radius 2 is 1.64 bits per heavy atom. The Morgan fingerprint density at radius 3 is 2.09 bits per heavy atom. The van der Waals surface area contributed by atoms with E-state index in [0.29, 0.717) is 5.56 Å². The van der Waals surface area contributed by atoms with Gasteiger partial charge in [0.15, 0.2) is 0 Å². The quantitative estimate of drug-likeness (QED) is 0.671. The van der Waals surface area contributed by atoms with Crippen LogP contribution in [0.4, 0.5) is 8.78 Å². The largest absolute Gasteiger partial charge is 0.255 e. The number of hydrogen-bond acceptors (Lipinski definition) is 0. The van der Waals surface area contributed by atoms with Gasteiger partial charge in [-0.2, -0.15) is 0 Å². The zero-order valence-corrected chi connectivity index (χ0v) is 7.26. The van der Waals surface area contributed by atoms with Gasteiger partial charge in [-0.05, 0) is 5.56 Å². The molecule has 0 saturated heterocycles. The maximum Gasteiger partial charge on any atom is 0.255 e. The van der Waals surface area contributed by atoms with E-state index in [4.69, 9.17) is 0 Å². The number of rotatable bonds is 2. The second-order valence-electron chi connectivity index (χ2n) is 2.15. The van der Waals surface area contributed by atoms with Crippen molar-refractivity contribution in [2.24, 2.45) is 0 Å². The molecule has 1 aromatic rings. The highest BCUT2D eigenvalue weighted by molar-refractivity contribution is 9.09. The van der Waals surface area contributed by atoms with E-state index in [1.165, 1.54) is 0 Å². The highest BCUT2D eigenvalue weighted by atomic mass is 79.9. The van der Waals surface area contributed by atoms with Crippen molar-refractivity contribution in [2.75, 3.05) is 0 Å². The Labute approximate surface area is 72.4 Å². The molecule has 1 unspecified atom stereocenters. The fraction of sp³-hybridized carbons (Fsp3) is 0.250. The van der Waals surface area contributed by atoms with Gasteiger partial charge in [0, 0.05) is 0 Å². The van der Waals surface area contributed by atoms with Crippen LogP contribution in [0.3, 0.4) is 0 Å². The van der Waals surface area contributed by atoms with Gasteiger partial charge in [-0.1, -0.05) is 46.3 Å². The summed E-state index contributed by atoms with van der Waals surface area (Å²) in [5, 5.41) is 0. The van der Waals surface area contributed by atoms with Crippen LogP contribution >= 0.6 is 15.9 Å². The summed E-state index contributed by atoms with van der Waals surface area (Å²) in [7, 11) is 0. The molecule has 0 N–H and O–H groups in total. The lowest BCUT2D eigenvalue weighted by Crippen LogP contribution is -2.00. The van der Waals surface area contributed by atoms with Crippen LogP contribution in [-0.4, -0.2) is 6.43 Å². The standard InChI is InChI=1S/C8H7BrF2/c9-7(8(10)11)6-4-2-1-3-5-6/h1-5,7-8H. The first kappa shape index (κ1) is 8.65. The predicted octanol–water partition coefficient (Wildman–Crippen LogP) is 3.39. The maximum absolute atomic E-state index is 12.1. The molecular formula is C8H7BrF2. The monoisotopic (exact) mass is 220 g/mol. The van der Waals surface area contributed by atoms with E-state index in [2.05, 4.69) is 15.9 Å². The summed E-state index contributed by atoms with van der Waals surface area (Å²) < 4.78 is 24.1. The Balaban J connectivity index is 2.77. The number of benzene rings is 1. The first-order valence-corrected chi connectivity index (χ1v) is 4.10. The van der Waals surface area contributed by atoms with E-state index in [1.54, 1.807) is 30.3 Å². The lowest BCUT2D eigenvalue weighted by Gasteiger charge is -2.07. The molecule has 0 bridgehead atoms. The van der Waals surface area contributed by atoms with Crippen LogP contribution < -0.4 is 0 Å². The molecule has 0 aliphatic carbocycles. The van der Waals surface area contributed by atoms with E-state index >= 15 is 0 Å². The summed E-state index contributed by atoms with van der Waals surface area (Å²) in [6, 6.07) is 8.63. The van der Waals surface area contributed by atoms with Crippen LogP contribution in [0.5, 0.6) is 0 Å². The average Bonchev–Trinajstić information content (AvgIpc) is 2.05.